The molecule has 0 atom stereocenters. The average Bonchev–Trinajstić information content (AvgIpc) is 2.50. The van der Waals surface area contributed by atoms with Gasteiger partial charge in [0.25, 0.3) is 0 Å². The van der Waals surface area contributed by atoms with Gasteiger partial charge in [0.15, 0.2) is 0 Å². The summed E-state index contributed by atoms with van der Waals surface area (Å²) in [6.45, 7) is 6.93. The Morgan fingerprint density at radius 3 is 2.50 bits per heavy atom. The Kier molecular flexibility index (Phi) is 7.97. The summed E-state index contributed by atoms with van der Waals surface area (Å²) >= 11 is 0. The van der Waals surface area contributed by atoms with Gasteiger partial charge in [-0.25, -0.2) is 0 Å². The third kappa shape index (κ3) is 7.07. The molecule has 0 saturated carbocycles. The van der Waals surface area contributed by atoms with Crippen molar-refractivity contribution in [2.45, 2.75) is 39.5 Å². The smallest absolute Gasteiger partial charge is 0.305 e. The Hall–Kier alpha value is -2.10. The molecule has 4 nitrogen and oxygen atoms in total. The summed E-state index contributed by atoms with van der Waals surface area (Å²) in [5, 5.41) is 2.75. The van der Waals surface area contributed by atoms with Gasteiger partial charge in [-0.2, -0.15) is 0 Å². The quantitative estimate of drug-likeness (QED) is 0.455. The Bertz CT molecular complexity index is 504. The number of carbonyl (C=O) groups excluding carboxylic acids is 2. The van der Waals surface area contributed by atoms with Gasteiger partial charge >= 0.3 is 5.97 Å². The number of esters is 1. The van der Waals surface area contributed by atoms with E-state index < -0.39 is 0 Å². The van der Waals surface area contributed by atoms with Gasteiger partial charge in [0.1, 0.15) is 0 Å². The Labute approximate surface area is 132 Å². The minimum atomic E-state index is -0.225. The second kappa shape index (κ2) is 9.77. The molecule has 0 aliphatic heterocycles. The predicted molar refractivity (Wildman–Crippen MR) is 88.4 cm³/mol. The van der Waals surface area contributed by atoms with Gasteiger partial charge < -0.3 is 10.1 Å². The first kappa shape index (κ1) is 18.0. The van der Waals surface area contributed by atoms with Crippen molar-refractivity contribution in [2.24, 2.45) is 0 Å². The molecule has 1 aromatic carbocycles. The maximum absolute atomic E-state index is 11.6. The SMILES string of the molecule is CCOC(=O)CCCNC(=O)/C=C/c1ccc(C(C)C)cc1. The van der Waals surface area contributed by atoms with Crippen LogP contribution in [0.1, 0.15) is 50.7 Å². The molecule has 0 aromatic heterocycles. The van der Waals surface area contributed by atoms with Crippen molar-refractivity contribution in [3.05, 3.63) is 41.5 Å². The summed E-state index contributed by atoms with van der Waals surface area (Å²) in [6.07, 6.45) is 4.20. The average molecular weight is 303 g/mol. The molecule has 4 heteroatoms. The minimum Gasteiger partial charge on any atom is -0.466 e. The molecular formula is C18H25NO3. The van der Waals surface area contributed by atoms with Crippen molar-refractivity contribution < 1.29 is 14.3 Å². The number of rotatable bonds is 8. The van der Waals surface area contributed by atoms with E-state index in [-0.39, 0.29) is 11.9 Å². The number of carbonyl (C=O) groups is 2. The molecule has 0 aliphatic rings. The van der Waals surface area contributed by atoms with Gasteiger partial charge in [0, 0.05) is 19.0 Å². The molecule has 0 spiro atoms. The molecule has 120 valence electrons. The Balaban J connectivity index is 2.30. The lowest BCUT2D eigenvalue weighted by Crippen LogP contribution is -2.22. The van der Waals surface area contributed by atoms with Crippen molar-refractivity contribution in [3.8, 4) is 0 Å². The van der Waals surface area contributed by atoms with Gasteiger partial charge in [-0.3, -0.25) is 9.59 Å². The van der Waals surface area contributed by atoms with E-state index in [4.69, 9.17) is 4.74 Å². The number of hydrogen-bond donors (Lipinski definition) is 1. The van der Waals surface area contributed by atoms with Crippen LogP contribution in [0.4, 0.5) is 0 Å². The van der Waals surface area contributed by atoms with Crippen LogP contribution in [-0.2, 0) is 14.3 Å². The highest BCUT2D eigenvalue weighted by Gasteiger charge is 2.02. The molecule has 1 aromatic rings. The molecule has 0 unspecified atom stereocenters. The summed E-state index contributed by atoms with van der Waals surface area (Å²) in [7, 11) is 0. The van der Waals surface area contributed by atoms with Crippen LogP contribution in [-0.4, -0.2) is 25.0 Å². The number of nitrogens with one attached hydrogen (secondary N) is 1. The van der Waals surface area contributed by atoms with Crippen molar-refractivity contribution in [1.29, 1.82) is 0 Å². The summed E-state index contributed by atoms with van der Waals surface area (Å²) < 4.78 is 4.81. The number of benzene rings is 1. The molecule has 0 saturated heterocycles. The van der Waals surface area contributed by atoms with Crippen molar-refractivity contribution in [1.82, 2.24) is 5.32 Å². The topological polar surface area (TPSA) is 55.4 Å². The van der Waals surface area contributed by atoms with Gasteiger partial charge in [0.05, 0.1) is 6.61 Å². The van der Waals surface area contributed by atoms with Crippen LogP contribution < -0.4 is 5.32 Å². The van der Waals surface area contributed by atoms with E-state index in [0.29, 0.717) is 31.9 Å². The number of ether oxygens (including phenoxy) is 1. The highest BCUT2D eigenvalue weighted by molar-refractivity contribution is 5.91. The maximum Gasteiger partial charge on any atom is 0.305 e. The van der Waals surface area contributed by atoms with Gasteiger partial charge in [0.2, 0.25) is 5.91 Å². The second-order valence-corrected chi connectivity index (χ2v) is 5.35. The molecule has 0 heterocycles. The van der Waals surface area contributed by atoms with E-state index in [1.165, 1.54) is 11.6 Å². The maximum atomic E-state index is 11.6. The molecule has 1 amide bonds. The van der Waals surface area contributed by atoms with E-state index in [2.05, 4.69) is 31.3 Å². The van der Waals surface area contributed by atoms with Crippen molar-refractivity contribution in [3.63, 3.8) is 0 Å². The number of hydrogen-bond acceptors (Lipinski definition) is 3. The van der Waals surface area contributed by atoms with Crippen LogP contribution in [0.25, 0.3) is 6.08 Å². The lowest BCUT2D eigenvalue weighted by molar-refractivity contribution is -0.143. The van der Waals surface area contributed by atoms with E-state index in [1.807, 2.05) is 12.1 Å². The van der Waals surface area contributed by atoms with E-state index >= 15 is 0 Å². The first-order valence-corrected chi connectivity index (χ1v) is 7.74. The van der Waals surface area contributed by atoms with Gasteiger partial charge in [-0.05, 0) is 36.5 Å². The van der Waals surface area contributed by atoms with E-state index in [9.17, 15) is 9.59 Å². The first-order valence-electron chi connectivity index (χ1n) is 7.74. The fourth-order valence-electron chi connectivity index (χ4n) is 1.90. The minimum absolute atomic E-state index is 0.156. The molecule has 1 N–H and O–H groups in total. The number of amides is 1. The van der Waals surface area contributed by atoms with Gasteiger partial charge in [-0.1, -0.05) is 38.1 Å². The second-order valence-electron chi connectivity index (χ2n) is 5.35. The fourth-order valence-corrected chi connectivity index (χ4v) is 1.90. The molecule has 1 rings (SSSR count). The molecule has 0 radical (unpaired) electrons. The largest absolute Gasteiger partial charge is 0.466 e. The van der Waals surface area contributed by atoms with Crippen LogP contribution >= 0.6 is 0 Å². The zero-order chi connectivity index (χ0) is 16.4. The zero-order valence-corrected chi connectivity index (χ0v) is 13.6. The molecule has 0 aliphatic carbocycles. The summed E-state index contributed by atoms with van der Waals surface area (Å²) in [5.74, 6) is 0.120. The summed E-state index contributed by atoms with van der Waals surface area (Å²) in [6, 6.07) is 8.14. The Morgan fingerprint density at radius 1 is 1.23 bits per heavy atom. The third-order valence-electron chi connectivity index (χ3n) is 3.19. The van der Waals surface area contributed by atoms with Crippen LogP contribution in [0.2, 0.25) is 0 Å². The van der Waals surface area contributed by atoms with Gasteiger partial charge in [-0.15, -0.1) is 0 Å². The van der Waals surface area contributed by atoms with Crippen LogP contribution in [0.3, 0.4) is 0 Å². The van der Waals surface area contributed by atoms with Crippen LogP contribution in [0, 0.1) is 0 Å². The molecular weight excluding hydrogens is 278 g/mol. The molecule has 0 fully saturated rings. The van der Waals surface area contributed by atoms with E-state index in [0.717, 1.165) is 5.56 Å². The molecule has 0 bridgehead atoms. The third-order valence-corrected chi connectivity index (χ3v) is 3.19. The summed E-state index contributed by atoms with van der Waals surface area (Å²) in [4.78, 5) is 22.8. The fraction of sp³-hybridized carbons (Fsp3) is 0.444. The highest BCUT2D eigenvalue weighted by Crippen LogP contribution is 2.15. The monoisotopic (exact) mass is 303 g/mol. The van der Waals surface area contributed by atoms with Crippen molar-refractivity contribution >= 4 is 18.0 Å². The summed E-state index contributed by atoms with van der Waals surface area (Å²) in [5.41, 5.74) is 2.27. The first-order chi connectivity index (χ1) is 10.5. The van der Waals surface area contributed by atoms with E-state index in [1.54, 1.807) is 13.0 Å². The highest BCUT2D eigenvalue weighted by atomic mass is 16.5. The molecule has 22 heavy (non-hydrogen) atoms. The van der Waals surface area contributed by atoms with Crippen molar-refractivity contribution in [2.75, 3.05) is 13.2 Å². The normalized spacial score (nSPS) is 10.9. The Morgan fingerprint density at radius 2 is 1.91 bits per heavy atom. The predicted octanol–water partition coefficient (Wildman–Crippen LogP) is 3.28. The lowest BCUT2D eigenvalue weighted by Gasteiger charge is -2.05. The standard InChI is InChI=1S/C18H25NO3/c1-4-22-18(21)6-5-13-19-17(20)12-9-15-7-10-16(11-8-15)14(2)3/h7-12,14H,4-6,13H2,1-3H3,(H,19,20)/b12-9+. The van der Waals surface area contributed by atoms with Crippen LogP contribution in [0.5, 0.6) is 0 Å². The lowest BCUT2D eigenvalue weighted by atomic mass is 10.0. The van der Waals surface area contributed by atoms with Crippen LogP contribution in [0.15, 0.2) is 30.3 Å². The zero-order valence-electron chi connectivity index (χ0n) is 13.6.